The minimum absolute atomic E-state index is 0.0645. The van der Waals surface area contributed by atoms with E-state index in [0.29, 0.717) is 44.1 Å². The smallest absolute Gasteiger partial charge is 0.416 e. The normalized spacial score (nSPS) is 18.0. The number of hydrogen-bond acceptors (Lipinski definition) is 6. The van der Waals surface area contributed by atoms with Crippen molar-refractivity contribution in [1.82, 2.24) is 19.8 Å². The molecule has 1 saturated heterocycles. The third-order valence-corrected chi connectivity index (χ3v) is 6.83. The lowest BCUT2D eigenvalue weighted by Crippen LogP contribution is -2.47. The van der Waals surface area contributed by atoms with Gasteiger partial charge in [0.25, 0.3) is 0 Å². The summed E-state index contributed by atoms with van der Waals surface area (Å²) in [4.78, 5) is 19.8. The van der Waals surface area contributed by atoms with Crippen molar-refractivity contribution in [2.75, 3.05) is 33.9 Å². The van der Waals surface area contributed by atoms with Gasteiger partial charge in [-0.05, 0) is 42.3 Å². The molecule has 1 aliphatic heterocycles. The Bertz CT molecular complexity index is 1260. The van der Waals surface area contributed by atoms with Crippen LogP contribution in [0.15, 0.2) is 54.9 Å². The SMILES string of the molecule is COc1ccc(CNC(=O)[C@@H]2C[C@H](COc3cccc(C(F)(F)F)c3)CN(Cc3nccn3C)C2)cc1OC. The number of nitrogens with zero attached hydrogens (tertiary/aromatic N) is 3. The number of aromatic nitrogens is 2. The van der Waals surface area contributed by atoms with Crippen molar-refractivity contribution >= 4 is 5.91 Å². The average Bonchev–Trinajstić information content (AvgIpc) is 3.33. The number of amides is 1. The molecule has 8 nitrogen and oxygen atoms in total. The number of carbonyl (C=O) groups excluding carboxylic acids is 1. The summed E-state index contributed by atoms with van der Waals surface area (Å²) >= 11 is 0. The van der Waals surface area contributed by atoms with Crippen molar-refractivity contribution in [2.45, 2.75) is 25.7 Å². The van der Waals surface area contributed by atoms with Gasteiger partial charge in [-0.25, -0.2) is 4.98 Å². The number of ether oxygens (including phenoxy) is 3. The Morgan fingerprint density at radius 2 is 1.90 bits per heavy atom. The van der Waals surface area contributed by atoms with Crippen LogP contribution in [0.25, 0.3) is 0 Å². The van der Waals surface area contributed by atoms with Gasteiger partial charge < -0.3 is 24.1 Å². The highest BCUT2D eigenvalue weighted by Crippen LogP contribution is 2.32. The molecular weight excluding hydrogens is 513 g/mol. The Hall–Kier alpha value is -3.73. The van der Waals surface area contributed by atoms with Crippen molar-refractivity contribution in [3.63, 3.8) is 0 Å². The number of rotatable bonds is 10. The van der Waals surface area contributed by atoms with Crippen LogP contribution in [0.5, 0.6) is 17.2 Å². The molecule has 11 heteroatoms. The molecule has 210 valence electrons. The first-order chi connectivity index (χ1) is 18.7. The van der Waals surface area contributed by atoms with Gasteiger partial charge in [-0.2, -0.15) is 13.2 Å². The molecule has 2 heterocycles. The summed E-state index contributed by atoms with van der Waals surface area (Å²) in [5.41, 5.74) is 0.110. The van der Waals surface area contributed by atoms with E-state index in [1.54, 1.807) is 26.5 Å². The third-order valence-electron chi connectivity index (χ3n) is 6.83. The first kappa shape index (κ1) is 28.3. The molecule has 39 heavy (non-hydrogen) atoms. The second-order valence-corrected chi connectivity index (χ2v) is 9.69. The summed E-state index contributed by atoms with van der Waals surface area (Å²) in [5.74, 6) is 1.71. The largest absolute Gasteiger partial charge is 0.493 e. The van der Waals surface area contributed by atoms with Crippen LogP contribution in [0, 0.1) is 11.8 Å². The second-order valence-electron chi connectivity index (χ2n) is 9.69. The fourth-order valence-electron chi connectivity index (χ4n) is 4.79. The Kier molecular flexibility index (Phi) is 9.01. The van der Waals surface area contributed by atoms with Crippen molar-refractivity contribution in [3.05, 3.63) is 71.8 Å². The highest BCUT2D eigenvalue weighted by Gasteiger charge is 2.33. The van der Waals surface area contributed by atoms with Crippen molar-refractivity contribution in [3.8, 4) is 17.2 Å². The summed E-state index contributed by atoms with van der Waals surface area (Å²) in [6.07, 6.45) is -0.310. The zero-order chi connectivity index (χ0) is 28.0. The van der Waals surface area contributed by atoms with Crippen molar-refractivity contribution in [1.29, 1.82) is 0 Å². The predicted molar refractivity (Wildman–Crippen MR) is 138 cm³/mol. The molecule has 0 aliphatic carbocycles. The fourth-order valence-corrected chi connectivity index (χ4v) is 4.79. The lowest BCUT2D eigenvalue weighted by atomic mass is 9.88. The van der Waals surface area contributed by atoms with Gasteiger partial charge in [0, 0.05) is 45.0 Å². The van der Waals surface area contributed by atoms with Gasteiger partial charge in [0.1, 0.15) is 11.6 Å². The van der Waals surface area contributed by atoms with E-state index in [0.717, 1.165) is 23.5 Å². The highest BCUT2D eigenvalue weighted by atomic mass is 19.4. The maximum absolute atomic E-state index is 13.3. The number of imidazole rings is 1. The van der Waals surface area contributed by atoms with Crippen LogP contribution in [-0.2, 0) is 31.1 Å². The number of piperidine rings is 1. The van der Waals surface area contributed by atoms with Crippen molar-refractivity contribution < 1.29 is 32.2 Å². The second kappa shape index (κ2) is 12.4. The Labute approximate surface area is 225 Å². The van der Waals surface area contributed by atoms with Gasteiger partial charge in [0.2, 0.25) is 5.91 Å². The Balaban J connectivity index is 1.43. The number of aryl methyl sites for hydroxylation is 1. The first-order valence-electron chi connectivity index (χ1n) is 12.6. The van der Waals surface area contributed by atoms with Crippen LogP contribution >= 0.6 is 0 Å². The molecule has 1 amide bonds. The van der Waals surface area contributed by atoms with E-state index in [4.69, 9.17) is 14.2 Å². The fraction of sp³-hybridized carbons (Fsp3) is 0.429. The van der Waals surface area contributed by atoms with Crippen LogP contribution in [0.2, 0.25) is 0 Å². The van der Waals surface area contributed by atoms with E-state index in [1.165, 1.54) is 12.1 Å². The number of benzene rings is 2. The highest BCUT2D eigenvalue weighted by molar-refractivity contribution is 5.79. The number of hydrogen-bond donors (Lipinski definition) is 1. The number of carbonyl (C=O) groups is 1. The topological polar surface area (TPSA) is 77.9 Å². The maximum atomic E-state index is 13.3. The molecule has 1 N–H and O–H groups in total. The zero-order valence-corrected chi connectivity index (χ0v) is 22.2. The summed E-state index contributed by atoms with van der Waals surface area (Å²) in [5, 5.41) is 3.02. The number of methoxy groups -OCH3 is 2. The van der Waals surface area contributed by atoms with E-state index >= 15 is 0 Å². The molecule has 0 radical (unpaired) electrons. The summed E-state index contributed by atoms with van der Waals surface area (Å²) < 4.78 is 57.7. The van der Waals surface area contributed by atoms with Crippen LogP contribution in [0.3, 0.4) is 0 Å². The number of alkyl halides is 3. The van der Waals surface area contributed by atoms with Gasteiger partial charge >= 0.3 is 6.18 Å². The monoisotopic (exact) mass is 546 g/mol. The molecule has 3 aromatic rings. The molecule has 0 unspecified atom stereocenters. The molecule has 0 saturated carbocycles. The Morgan fingerprint density at radius 3 is 2.59 bits per heavy atom. The summed E-state index contributed by atoms with van der Waals surface area (Å²) in [6.45, 7) is 2.22. The zero-order valence-electron chi connectivity index (χ0n) is 22.2. The third kappa shape index (κ3) is 7.44. The lowest BCUT2D eigenvalue weighted by molar-refractivity contribution is -0.137. The molecule has 0 spiro atoms. The molecule has 1 aromatic heterocycles. The first-order valence-corrected chi connectivity index (χ1v) is 12.6. The quantitative estimate of drug-likeness (QED) is 0.409. The average molecular weight is 547 g/mol. The lowest BCUT2D eigenvalue weighted by Gasteiger charge is -2.37. The van der Waals surface area contributed by atoms with Crippen LogP contribution < -0.4 is 19.5 Å². The maximum Gasteiger partial charge on any atom is 0.416 e. The van der Waals surface area contributed by atoms with E-state index < -0.39 is 11.7 Å². The summed E-state index contributed by atoms with van der Waals surface area (Å²) in [6, 6.07) is 10.3. The molecule has 2 atom stereocenters. The van der Waals surface area contributed by atoms with E-state index in [-0.39, 0.29) is 30.1 Å². The minimum atomic E-state index is -4.44. The molecule has 1 fully saturated rings. The minimum Gasteiger partial charge on any atom is -0.493 e. The van der Waals surface area contributed by atoms with E-state index in [9.17, 15) is 18.0 Å². The van der Waals surface area contributed by atoms with Gasteiger partial charge in [-0.1, -0.05) is 12.1 Å². The predicted octanol–water partition coefficient (Wildman–Crippen LogP) is 4.29. The number of halogens is 3. The van der Waals surface area contributed by atoms with Gasteiger partial charge in [0.15, 0.2) is 11.5 Å². The molecule has 0 bridgehead atoms. The molecule has 1 aliphatic rings. The molecular formula is C28H33F3N4O4. The standard InChI is InChI=1S/C28H33F3N4O4/c1-34-10-9-32-26(34)17-35-15-20(18-39-23-6-4-5-22(13-23)28(29,30)31)11-21(16-35)27(36)33-14-19-7-8-24(37-2)25(12-19)38-3/h4-10,12-13,20-21H,11,14-18H2,1-3H3,(H,33,36)/t20-,21+/m0/s1. The van der Waals surface area contributed by atoms with Gasteiger partial charge in [0.05, 0.1) is 38.9 Å². The Morgan fingerprint density at radius 1 is 1.10 bits per heavy atom. The number of likely N-dealkylation sites (tertiary alicyclic amines) is 1. The van der Waals surface area contributed by atoms with Crippen molar-refractivity contribution in [2.24, 2.45) is 18.9 Å². The van der Waals surface area contributed by atoms with Gasteiger partial charge in [-0.15, -0.1) is 0 Å². The van der Waals surface area contributed by atoms with E-state index in [2.05, 4.69) is 15.2 Å². The van der Waals surface area contributed by atoms with Gasteiger partial charge in [-0.3, -0.25) is 9.69 Å². The van der Waals surface area contributed by atoms with Crippen LogP contribution in [0.1, 0.15) is 23.4 Å². The van der Waals surface area contributed by atoms with E-state index in [1.807, 2.05) is 29.9 Å². The molecule has 4 rings (SSSR count). The molecule has 2 aromatic carbocycles. The number of nitrogens with one attached hydrogen (secondary N) is 1. The summed E-state index contributed by atoms with van der Waals surface area (Å²) in [7, 11) is 5.03. The van der Waals surface area contributed by atoms with Crippen LogP contribution in [-0.4, -0.2) is 54.3 Å². The van der Waals surface area contributed by atoms with Crippen LogP contribution in [0.4, 0.5) is 13.2 Å².